The molecule has 5 heteroatoms. The normalized spacial score (nSPS) is 16.4. The maximum Gasteiger partial charge on any atom is 0.335 e. The monoisotopic (exact) mass is 290 g/mol. The molecular formula is C16H22N2O3. The average Bonchev–Trinajstić information content (AvgIpc) is 2.99. The summed E-state index contributed by atoms with van der Waals surface area (Å²) in [6.07, 6.45) is 4.87. The van der Waals surface area contributed by atoms with Crippen LogP contribution in [0.25, 0.3) is 0 Å². The smallest absolute Gasteiger partial charge is 0.335 e. The molecule has 0 spiro atoms. The number of carboxylic acid groups (broad SMARTS) is 1. The summed E-state index contributed by atoms with van der Waals surface area (Å²) in [5.74, 6) is -0.387. The predicted octanol–water partition coefficient (Wildman–Crippen LogP) is 2.76. The van der Waals surface area contributed by atoms with E-state index < -0.39 is 5.97 Å². The van der Waals surface area contributed by atoms with E-state index in [1.807, 2.05) is 6.92 Å². The molecule has 0 aliphatic heterocycles. The van der Waals surface area contributed by atoms with Crippen LogP contribution in [0.4, 0.5) is 4.79 Å². The van der Waals surface area contributed by atoms with Gasteiger partial charge in [0.15, 0.2) is 0 Å². The number of aromatic carboxylic acids is 1. The van der Waals surface area contributed by atoms with Gasteiger partial charge in [0.25, 0.3) is 0 Å². The Morgan fingerprint density at radius 1 is 1.33 bits per heavy atom. The Hall–Kier alpha value is -2.04. The lowest BCUT2D eigenvalue weighted by molar-refractivity contribution is 0.0696. The van der Waals surface area contributed by atoms with Crippen LogP contribution < -0.4 is 10.6 Å². The summed E-state index contributed by atoms with van der Waals surface area (Å²) in [7, 11) is 0. The third-order valence-electron chi connectivity index (χ3n) is 4.09. The number of carboxylic acids is 1. The van der Waals surface area contributed by atoms with E-state index in [9.17, 15) is 9.59 Å². The zero-order valence-corrected chi connectivity index (χ0v) is 12.3. The summed E-state index contributed by atoms with van der Waals surface area (Å²) in [4.78, 5) is 22.7. The fraction of sp³-hybridized carbons (Fsp3) is 0.500. The molecule has 1 aromatic carbocycles. The Morgan fingerprint density at radius 3 is 2.71 bits per heavy atom. The molecule has 0 aromatic heterocycles. The molecule has 2 amide bonds. The summed E-state index contributed by atoms with van der Waals surface area (Å²) in [5, 5.41) is 14.7. The van der Waals surface area contributed by atoms with Crippen LogP contribution in [0.2, 0.25) is 0 Å². The fourth-order valence-electron chi connectivity index (χ4n) is 2.83. The maximum absolute atomic E-state index is 11.9. The van der Waals surface area contributed by atoms with Gasteiger partial charge in [0.1, 0.15) is 0 Å². The fourth-order valence-corrected chi connectivity index (χ4v) is 2.83. The lowest BCUT2D eigenvalue weighted by atomic mass is 10.0. The third kappa shape index (κ3) is 4.48. The van der Waals surface area contributed by atoms with Gasteiger partial charge in [-0.15, -0.1) is 0 Å². The highest BCUT2D eigenvalue weighted by Crippen LogP contribution is 2.27. The Morgan fingerprint density at radius 2 is 2.05 bits per heavy atom. The minimum Gasteiger partial charge on any atom is -0.478 e. The quantitative estimate of drug-likeness (QED) is 0.780. The molecule has 1 atom stereocenters. The highest BCUT2D eigenvalue weighted by atomic mass is 16.4. The van der Waals surface area contributed by atoms with Crippen molar-refractivity contribution in [2.24, 2.45) is 5.92 Å². The van der Waals surface area contributed by atoms with Crippen LogP contribution in [0, 0.1) is 5.92 Å². The number of carbonyl (C=O) groups is 2. The second-order valence-electron chi connectivity index (χ2n) is 5.67. The molecule has 0 heterocycles. The van der Waals surface area contributed by atoms with E-state index in [4.69, 9.17) is 5.11 Å². The van der Waals surface area contributed by atoms with E-state index in [1.54, 1.807) is 18.2 Å². The van der Waals surface area contributed by atoms with Gasteiger partial charge in [0, 0.05) is 12.6 Å². The second-order valence-corrected chi connectivity index (χ2v) is 5.67. The van der Waals surface area contributed by atoms with Crippen LogP contribution in [-0.2, 0) is 6.54 Å². The van der Waals surface area contributed by atoms with Gasteiger partial charge in [0.2, 0.25) is 0 Å². The topological polar surface area (TPSA) is 78.4 Å². The lowest BCUT2D eigenvalue weighted by Crippen LogP contribution is -2.43. The molecule has 1 aromatic rings. The number of nitrogens with one attached hydrogen (secondary N) is 2. The van der Waals surface area contributed by atoms with E-state index >= 15 is 0 Å². The zero-order valence-electron chi connectivity index (χ0n) is 12.3. The van der Waals surface area contributed by atoms with Crippen molar-refractivity contribution in [2.75, 3.05) is 0 Å². The number of hydrogen-bond donors (Lipinski definition) is 3. The van der Waals surface area contributed by atoms with Gasteiger partial charge in [-0.1, -0.05) is 25.0 Å². The summed E-state index contributed by atoms with van der Waals surface area (Å²) in [5.41, 5.74) is 1.01. The number of hydrogen-bond acceptors (Lipinski definition) is 2. The number of carbonyl (C=O) groups excluding carboxylic acids is 1. The van der Waals surface area contributed by atoms with Crippen molar-refractivity contribution < 1.29 is 14.7 Å². The van der Waals surface area contributed by atoms with E-state index in [0.717, 1.165) is 5.56 Å². The van der Waals surface area contributed by atoms with Crippen molar-refractivity contribution in [3.05, 3.63) is 35.4 Å². The molecule has 0 saturated heterocycles. The van der Waals surface area contributed by atoms with Crippen LogP contribution in [0.3, 0.4) is 0 Å². The summed E-state index contributed by atoms with van der Waals surface area (Å²) >= 11 is 0. The Labute approximate surface area is 124 Å². The Balaban J connectivity index is 1.80. The first-order valence-electron chi connectivity index (χ1n) is 7.43. The maximum atomic E-state index is 11.9. The molecule has 114 valence electrons. The van der Waals surface area contributed by atoms with Crippen molar-refractivity contribution in [3.63, 3.8) is 0 Å². The Kier molecular flexibility index (Phi) is 5.20. The minimum atomic E-state index is -0.962. The molecule has 5 nitrogen and oxygen atoms in total. The average molecular weight is 290 g/mol. The molecule has 1 aliphatic carbocycles. The first kappa shape index (κ1) is 15.4. The van der Waals surface area contributed by atoms with Crippen LogP contribution in [0.1, 0.15) is 48.5 Å². The molecule has 2 rings (SSSR count). The van der Waals surface area contributed by atoms with Gasteiger partial charge < -0.3 is 15.7 Å². The summed E-state index contributed by atoms with van der Waals surface area (Å²) in [6.45, 7) is 2.37. The highest BCUT2D eigenvalue weighted by molar-refractivity contribution is 5.87. The summed E-state index contributed by atoms with van der Waals surface area (Å²) in [6, 6.07) is 6.57. The lowest BCUT2D eigenvalue weighted by Gasteiger charge is -2.20. The van der Waals surface area contributed by atoms with Crippen molar-refractivity contribution >= 4 is 12.0 Å². The number of rotatable bonds is 5. The molecule has 1 saturated carbocycles. The number of amides is 2. The zero-order chi connectivity index (χ0) is 15.2. The molecule has 1 fully saturated rings. The molecule has 1 aliphatic rings. The molecular weight excluding hydrogens is 268 g/mol. The van der Waals surface area contributed by atoms with Gasteiger partial charge >= 0.3 is 12.0 Å². The molecule has 1 unspecified atom stereocenters. The largest absolute Gasteiger partial charge is 0.478 e. The first-order chi connectivity index (χ1) is 10.1. The second kappa shape index (κ2) is 7.11. The van der Waals surface area contributed by atoms with Crippen molar-refractivity contribution in [3.8, 4) is 0 Å². The van der Waals surface area contributed by atoms with Gasteiger partial charge in [-0.3, -0.25) is 0 Å². The third-order valence-corrected chi connectivity index (χ3v) is 4.09. The van der Waals surface area contributed by atoms with Gasteiger partial charge in [0.05, 0.1) is 5.56 Å². The van der Waals surface area contributed by atoms with Crippen LogP contribution in [0.15, 0.2) is 24.3 Å². The SMILES string of the molecule is CC(NC(=O)NCc1cccc(C(=O)O)c1)C1CCCC1. The van der Waals surface area contributed by atoms with E-state index in [1.165, 1.54) is 31.7 Å². The van der Waals surface area contributed by atoms with Crippen molar-refractivity contribution in [1.29, 1.82) is 0 Å². The standard InChI is InChI=1S/C16H22N2O3/c1-11(13-6-2-3-7-13)18-16(21)17-10-12-5-4-8-14(9-12)15(19)20/h4-5,8-9,11,13H,2-3,6-7,10H2,1H3,(H,19,20)(H2,17,18,21). The summed E-state index contributed by atoms with van der Waals surface area (Å²) < 4.78 is 0. The van der Waals surface area contributed by atoms with Gasteiger partial charge in [-0.05, 0) is 43.4 Å². The molecule has 3 N–H and O–H groups in total. The molecule has 0 radical (unpaired) electrons. The minimum absolute atomic E-state index is 0.179. The van der Waals surface area contributed by atoms with Crippen LogP contribution >= 0.6 is 0 Å². The predicted molar refractivity (Wildman–Crippen MR) is 80.2 cm³/mol. The van der Waals surface area contributed by atoms with Crippen molar-refractivity contribution in [2.45, 2.75) is 45.2 Å². The number of benzene rings is 1. The van der Waals surface area contributed by atoms with Gasteiger partial charge in [-0.25, -0.2) is 9.59 Å². The number of urea groups is 1. The Bertz CT molecular complexity index is 510. The molecule has 0 bridgehead atoms. The van der Waals surface area contributed by atoms with E-state index in [-0.39, 0.29) is 17.6 Å². The van der Waals surface area contributed by atoms with Crippen LogP contribution in [0.5, 0.6) is 0 Å². The first-order valence-corrected chi connectivity index (χ1v) is 7.43. The van der Waals surface area contributed by atoms with E-state index in [2.05, 4.69) is 10.6 Å². The van der Waals surface area contributed by atoms with Crippen LogP contribution in [-0.4, -0.2) is 23.1 Å². The van der Waals surface area contributed by atoms with E-state index in [0.29, 0.717) is 12.5 Å². The van der Waals surface area contributed by atoms with Crippen molar-refractivity contribution in [1.82, 2.24) is 10.6 Å². The highest BCUT2D eigenvalue weighted by Gasteiger charge is 2.22. The molecule has 21 heavy (non-hydrogen) atoms. The van der Waals surface area contributed by atoms with Gasteiger partial charge in [-0.2, -0.15) is 0 Å².